The molecule has 35 heavy (non-hydrogen) atoms. The Balaban J connectivity index is 1.30. The van der Waals surface area contributed by atoms with Crippen LogP contribution in [0.4, 0.5) is 17.6 Å². The maximum absolute atomic E-state index is 14.8. The summed E-state index contributed by atoms with van der Waals surface area (Å²) in [5, 5.41) is 7.52. The van der Waals surface area contributed by atoms with Crippen molar-refractivity contribution >= 4 is 5.91 Å². The highest BCUT2D eigenvalue weighted by Gasteiger charge is 2.43. The zero-order valence-electron chi connectivity index (χ0n) is 18.5. The lowest BCUT2D eigenvalue weighted by Crippen LogP contribution is -2.55. The summed E-state index contributed by atoms with van der Waals surface area (Å²) >= 11 is 0. The molecule has 3 aromatic rings. The van der Waals surface area contributed by atoms with Crippen molar-refractivity contribution in [3.8, 4) is 17.0 Å². The predicted octanol–water partition coefficient (Wildman–Crippen LogP) is 4.41. The van der Waals surface area contributed by atoms with E-state index in [0.29, 0.717) is 24.7 Å². The van der Waals surface area contributed by atoms with Gasteiger partial charge in [0.2, 0.25) is 5.88 Å². The van der Waals surface area contributed by atoms with Gasteiger partial charge in [0.05, 0.1) is 37.0 Å². The fraction of sp³-hybridized carbons (Fsp3) is 0.375. The minimum atomic E-state index is -4.60. The molecule has 7 nitrogen and oxygen atoms in total. The number of carbonyl (C=O) groups is 1. The number of amides is 1. The quantitative estimate of drug-likeness (QED) is 0.496. The number of piperidine rings is 2. The Bertz CT molecular complexity index is 1220. The monoisotopic (exact) mass is 487 g/mol. The SMILES string of the molecule is O=C(c1cccc(F)c1-c1ccnnc1)N1CC2CCC1CC2COc1cncc(C(F)(F)F)n1. The molecule has 6 rings (SSSR count). The van der Waals surface area contributed by atoms with E-state index in [1.54, 1.807) is 17.0 Å². The molecule has 3 aliphatic rings. The third-order valence-electron chi connectivity index (χ3n) is 6.71. The maximum atomic E-state index is 14.8. The van der Waals surface area contributed by atoms with E-state index in [-0.39, 0.29) is 47.4 Å². The van der Waals surface area contributed by atoms with Crippen LogP contribution in [-0.4, -0.2) is 50.2 Å². The van der Waals surface area contributed by atoms with E-state index < -0.39 is 17.7 Å². The van der Waals surface area contributed by atoms with Crippen LogP contribution in [0.25, 0.3) is 11.1 Å². The first-order valence-corrected chi connectivity index (χ1v) is 11.2. The third kappa shape index (κ3) is 4.67. The van der Waals surface area contributed by atoms with Crippen LogP contribution in [0, 0.1) is 17.7 Å². The number of nitrogens with zero attached hydrogens (tertiary/aromatic N) is 5. The highest BCUT2D eigenvalue weighted by Crippen LogP contribution is 2.41. The summed E-state index contributed by atoms with van der Waals surface area (Å²) in [7, 11) is 0. The molecule has 3 unspecified atom stereocenters. The van der Waals surface area contributed by atoms with Crippen molar-refractivity contribution in [1.29, 1.82) is 0 Å². The average molecular weight is 487 g/mol. The van der Waals surface area contributed by atoms with E-state index in [1.807, 2.05) is 0 Å². The molecule has 1 aromatic carbocycles. The van der Waals surface area contributed by atoms with Crippen molar-refractivity contribution in [2.24, 2.45) is 11.8 Å². The fourth-order valence-corrected chi connectivity index (χ4v) is 5.02. The number of fused-ring (bicyclic) bond motifs is 3. The number of benzene rings is 1. The Kier molecular flexibility index (Phi) is 6.08. The van der Waals surface area contributed by atoms with E-state index in [9.17, 15) is 22.4 Å². The van der Waals surface area contributed by atoms with Crippen molar-refractivity contribution in [3.63, 3.8) is 0 Å². The summed E-state index contributed by atoms with van der Waals surface area (Å²) in [5.74, 6) is -0.772. The van der Waals surface area contributed by atoms with Gasteiger partial charge >= 0.3 is 6.18 Å². The lowest BCUT2D eigenvalue weighted by atomic mass is 9.72. The van der Waals surface area contributed by atoms with Crippen LogP contribution in [0.3, 0.4) is 0 Å². The number of hydrogen-bond acceptors (Lipinski definition) is 6. The van der Waals surface area contributed by atoms with Crippen molar-refractivity contribution in [2.75, 3.05) is 13.2 Å². The first-order valence-electron chi connectivity index (χ1n) is 11.2. The van der Waals surface area contributed by atoms with Gasteiger partial charge in [-0.05, 0) is 49.3 Å². The molecule has 0 spiro atoms. The van der Waals surface area contributed by atoms with Gasteiger partial charge in [-0.25, -0.2) is 9.37 Å². The van der Waals surface area contributed by atoms with Crippen LogP contribution >= 0.6 is 0 Å². The van der Waals surface area contributed by atoms with E-state index in [4.69, 9.17) is 4.74 Å². The number of ether oxygens (including phenoxy) is 1. The normalized spacial score (nSPS) is 21.7. The summed E-state index contributed by atoms with van der Waals surface area (Å²) in [6.45, 7) is 0.656. The molecule has 1 saturated carbocycles. The number of hydrogen-bond donors (Lipinski definition) is 0. The molecule has 2 aromatic heterocycles. The lowest BCUT2D eigenvalue weighted by molar-refractivity contribution is -0.141. The molecule has 2 bridgehead atoms. The first-order chi connectivity index (χ1) is 16.8. The molecule has 1 aliphatic carbocycles. The van der Waals surface area contributed by atoms with E-state index in [2.05, 4.69) is 20.2 Å². The van der Waals surface area contributed by atoms with Gasteiger partial charge in [-0.3, -0.25) is 9.78 Å². The molecule has 1 amide bonds. The standard InChI is InChI=1S/C24H21F4N5O2/c25-19-3-1-2-18(22(19)14-6-7-30-31-9-14)23(34)33-12-15-4-5-17(33)8-16(15)13-35-21-11-29-10-20(32-21)24(26,27)28/h1-3,6-7,9-11,15-17H,4-5,8,12-13H2. The molecule has 11 heteroatoms. The smallest absolute Gasteiger partial charge is 0.435 e. The van der Waals surface area contributed by atoms with Crippen molar-refractivity contribution in [2.45, 2.75) is 31.5 Å². The summed E-state index contributed by atoms with van der Waals surface area (Å²) in [6.07, 6.45) is 2.40. The predicted molar refractivity (Wildman–Crippen MR) is 116 cm³/mol. The Morgan fingerprint density at radius 1 is 1.11 bits per heavy atom. The second kappa shape index (κ2) is 9.20. The van der Waals surface area contributed by atoms with E-state index >= 15 is 0 Å². The van der Waals surface area contributed by atoms with Crippen LogP contribution in [0.15, 0.2) is 49.1 Å². The largest absolute Gasteiger partial charge is 0.476 e. The van der Waals surface area contributed by atoms with Crippen LogP contribution < -0.4 is 4.74 Å². The van der Waals surface area contributed by atoms with Gasteiger partial charge < -0.3 is 9.64 Å². The minimum Gasteiger partial charge on any atom is -0.476 e. The number of alkyl halides is 3. The van der Waals surface area contributed by atoms with Gasteiger partial charge in [-0.2, -0.15) is 23.4 Å². The topological polar surface area (TPSA) is 81.1 Å². The molecule has 3 atom stereocenters. The molecule has 3 fully saturated rings. The number of carbonyl (C=O) groups excluding carboxylic acids is 1. The zero-order chi connectivity index (χ0) is 24.6. The molecular formula is C24H21F4N5O2. The van der Waals surface area contributed by atoms with Crippen LogP contribution in [0.5, 0.6) is 5.88 Å². The van der Waals surface area contributed by atoms with Crippen LogP contribution in [0.2, 0.25) is 0 Å². The van der Waals surface area contributed by atoms with E-state index in [0.717, 1.165) is 19.0 Å². The molecule has 182 valence electrons. The lowest BCUT2D eigenvalue weighted by Gasteiger charge is -2.49. The van der Waals surface area contributed by atoms with Gasteiger partial charge in [0.1, 0.15) is 5.82 Å². The molecular weight excluding hydrogens is 466 g/mol. The van der Waals surface area contributed by atoms with Gasteiger partial charge in [0, 0.05) is 23.7 Å². The fourth-order valence-electron chi connectivity index (χ4n) is 5.02. The Hall–Kier alpha value is -3.63. The number of halogens is 4. The van der Waals surface area contributed by atoms with Crippen LogP contribution in [-0.2, 0) is 6.18 Å². The Labute approximate surface area is 198 Å². The molecule has 2 saturated heterocycles. The third-order valence-corrected chi connectivity index (χ3v) is 6.71. The van der Waals surface area contributed by atoms with Crippen molar-refractivity contribution in [3.05, 3.63) is 66.1 Å². The summed E-state index contributed by atoms with van der Waals surface area (Å²) in [4.78, 5) is 22.4. The van der Waals surface area contributed by atoms with Gasteiger partial charge in [0.15, 0.2) is 5.69 Å². The van der Waals surface area contributed by atoms with E-state index in [1.165, 1.54) is 24.5 Å². The number of rotatable bonds is 5. The van der Waals surface area contributed by atoms with Crippen molar-refractivity contribution in [1.82, 2.24) is 25.1 Å². The minimum absolute atomic E-state index is 0.0607. The maximum Gasteiger partial charge on any atom is 0.435 e. The summed E-state index contributed by atoms with van der Waals surface area (Å²) < 4.78 is 59.0. The Morgan fingerprint density at radius 2 is 1.97 bits per heavy atom. The molecule has 4 heterocycles. The van der Waals surface area contributed by atoms with Gasteiger partial charge in [-0.15, -0.1) is 0 Å². The average Bonchev–Trinajstić information content (AvgIpc) is 2.87. The first kappa shape index (κ1) is 23.1. The number of aromatic nitrogens is 4. The Morgan fingerprint density at radius 3 is 2.69 bits per heavy atom. The highest BCUT2D eigenvalue weighted by atomic mass is 19.4. The summed E-state index contributed by atoms with van der Waals surface area (Å²) in [6, 6.07) is 5.96. The molecule has 0 N–H and O–H groups in total. The van der Waals surface area contributed by atoms with Gasteiger partial charge in [-0.1, -0.05) is 6.07 Å². The molecule has 2 aliphatic heterocycles. The van der Waals surface area contributed by atoms with Gasteiger partial charge in [0.25, 0.3) is 5.91 Å². The highest BCUT2D eigenvalue weighted by molar-refractivity contribution is 6.01. The zero-order valence-corrected chi connectivity index (χ0v) is 18.5. The summed E-state index contributed by atoms with van der Waals surface area (Å²) in [5.41, 5.74) is -0.182. The van der Waals surface area contributed by atoms with Crippen LogP contribution in [0.1, 0.15) is 35.3 Å². The second-order valence-corrected chi connectivity index (χ2v) is 8.79. The second-order valence-electron chi connectivity index (χ2n) is 8.79. The molecule has 0 radical (unpaired) electrons. The van der Waals surface area contributed by atoms with Crippen molar-refractivity contribution < 1.29 is 27.1 Å².